The number of nitrogens with one attached hydrogen (secondary N) is 1. The van der Waals surface area contributed by atoms with E-state index in [1.165, 1.54) is 7.11 Å². The van der Waals surface area contributed by atoms with Crippen LogP contribution < -0.4 is 10.1 Å². The Bertz CT molecular complexity index is 378. The summed E-state index contributed by atoms with van der Waals surface area (Å²) >= 11 is 0. The zero-order valence-corrected chi connectivity index (χ0v) is 8.84. The number of aliphatic carboxylic acids is 1. The van der Waals surface area contributed by atoms with E-state index in [4.69, 9.17) is 9.84 Å². The summed E-state index contributed by atoms with van der Waals surface area (Å²) in [6.07, 6.45) is 0.576. The van der Waals surface area contributed by atoms with Crippen molar-refractivity contribution in [1.29, 1.82) is 0 Å². The Hall–Kier alpha value is -2.04. The molecule has 1 rings (SSSR count). The maximum atomic E-state index is 10.8. The highest BCUT2D eigenvalue weighted by Gasteiger charge is 2.18. The van der Waals surface area contributed by atoms with Crippen molar-refractivity contribution in [2.45, 2.75) is 12.5 Å². The number of ether oxygens (including phenoxy) is 1. The van der Waals surface area contributed by atoms with Crippen LogP contribution in [0.2, 0.25) is 0 Å². The fourth-order valence-corrected chi connectivity index (χ4v) is 1.39. The molecule has 0 aromatic heterocycles. The molecule has 0 aliphatic rings. The number of methoxy groups -OCH3 is 1. The first-order valence-electron chi connectivity index (χ1n) is 4.73. The average molecular weight is 223 g/mol. The SMILES string of the molecule is COc1ccccc1CC(NC=O)C(=O)O. The van der Waals surface area contributed by atoms with Crippen molar-refractivity contribution in [3.05, 3.63) is 29.8 Å². The summed E-state index contributed by atoms with van der Waals surface area (Å²) in [5.41, 5.74) is 0.742. The quantitative estimate of drug-likeness (QED) is 0.686. The summed E-state index contributed by atoms with van der Waals surface area (Å²) in [7, 11) is 1.52. The number of amides is 1. The third-order valence-electron chi connectivity index (χ3n) is 2.18. The molecule has 0 fully saturated rings. The van der Waals surface area contributed by atoms with E-state index in [1.807, 2.05) is 0 Å². The second-order valence-corrected chi connectivity index (χ2v) is 3.19. The molecule has 1 amide bonds. The summed E-state index contributed by atoms with van der Waals surface area (Å²) in [5.74, 6) is -0.459. The van der Waals surface area contributed by atoms with Crippen LogP contribution in [-0.2, 0) is 16.0 Å². The summed E-state index contributed by atoms with van der Waals surface area (Å²) in [6, 6.07) is 6.16. The number of carbonyl (C=O) groups excluding carboxylic acids is 1. The molecule has 16 heavy (non-hydrogen) atoms. The van der Waals surface area contributed by atoms with Gasteiger partial charge >= 0.3 is 5.97 Å². The van der Waals surface area contributed by atoms with Crippen LogP contribution in [0.4, 0.5) is 0 Å². The van der Waals surface area contributed by atoms with E-state index in [2.05, 4.69) is 5.32 Å². The molecule has 1 aromatic carbocycles. The molecule has 0 heterocycles. The lowest BCUT2D eigenvalue weighted by molar-refractivity contribution is -0.140. The standard InChI is InChI=1S/C11H13NO4/c1-16-10-5-3-2-4-8(10)6-9(11(14)15)12-7-13/h2-5,7,9H,6H2,1H3,(H,12,13)(H,14,15). The van der Waals surface area contributed by atoms with Gasteiger partial charge in [-0.25, -0.2) is 4.79 Å². The molecule has 2 N–H and O–H groups in total. The van der Waals surface area contributed by atoms with Crippen molar-refractivity contribution >= 4 is 12.4 Å². The predicted octanol–water partition coefficient (Wildman–Crippen LogP) is 0.437. The Morgan fingerprint density at radius 2 is 2.25 bits per heavy atom. The van der Waals surface area contributed by atoms with E-state index in [-0.39, 0.29) is 6.42 Å². The van der Waals surface area contributed by atoms with Crippen LogP contribution in [0.15, 0.2) is 24.3 Å². The van der Waals surface area contributed by atoms with E-state index in [0.717, 1.165) is 5.56 Å². The van der Waals surface area contributed by atoms with Gasteiger partial charge in [0.05, 0.1) is 7.11 Å². The van der Waals surface area contributed by atoms with Crippen LogP contribution >= 0.6 is 0 Å². The molecule has 5 heteroatoms. The lowest BCUT2D eigenvalue weighted by atomic mass is 10.1. The van der Waals surface area contributed by atoms with Crippen LogP contribution in [0.5, 0.6) is 5.75 Å². The number of carbonyl (C=O) groups is 2. The van der Waals surface area contributed by atoms with Gasteiger partial charge in [0.1, 0.15) is 11.8 Å². The van der Waals surface area contributed by atoms with Gasteiger partial charge in [0, 0.05) is 6.42 Å². The zero-order chi connectivity index (χ0) is 12.0. The van der Waals surface area contributed by atoms with Gasteiger partial charge in [-0.1, -0.05) is 18.2 Å². The predicted molar refractivity (Wildman–Crippen MR) is 57.3 cm³/mol. The number of carboxylic acid groups (broad SMARTS) is 1. The summed E-state index contributed by atoms with van der Waals surface area (Å²) in [4.78, 5) is 21.1. The normalized spacial score (nSPS) is 11.6. The minimum Gasteiger partial charge on any atom is -0.496 e. The topological polar surface area (TPSA) is 75.6 Å². The number of hydrogen-bond acceptors (Lipinski definition) is 3. The summed E-state index contributed by atoms with van der Waals surface area (Å²) in [5, 5.41) is 11.1. The van der Waals surface area contributed by atoms with Crippen LogP contribution in [0, 0.1) is 0 Å². The fraction of sp³-hybridized carbons (Fsp3) is 0.273. The van der Waals surface area contributed by atoms with Gasteiger partial charge in [0.2, 0.25) is 6.41 Å². The number of para-hydroxylation sites is 1. The Kier molecular flexibility index (Phi) is 4.32. The first kappa shape index (κ1) is 12.0. The molecule has 86 valence electrons. The molecule has 1 unspecified atom stereocenters. The zero-order valence-electron chi connectivity index (χ0n) is 8.84. The third-order valence-corrected chi connectivity index (χ3v) is 2.18. The van der Waals surface area contributed by atoms with Gasteiger partial charge in [0.15, 0.2) is 0 Å². The fourth-order valence-electron chi connectivity index (χ4n) is 1.39. The van der Waals surface area contributed by atoms with Crippen LogP contribution in [-0.4, -0.2) is 30.6 Å². The minimum absolute atomic E-state index is 0.193. The highest BCUT2D eigenvalue weighted by molar-refractivity contribution is 5.76. The molecular weight excluding hydrogens is 210 g/mol. The first-order valence-corrected chi connectivity index (χ1v) is 4.73. The van der Waals surface area contributed by atoms with Crippen molar-refractivity contribution in [3.63, 3.8) is 0 Å². The number of benzene rings is 1. The molecule has 0 spiro atoms. The van der Waals surface area contributed by atoms with Crippen molar-refractivity contribution in [3.8, 4) is 5.75 Å². The smallest absolute Gasteiger partial charge is 0.326 e. The minimum atomic E-state index is -1.07. The van der Waals surface area contributed by atoms with Gasteiger partial charge in [0.25, 0.3) is 0 Å². The third kappa shape index (κ3) is 2.98. The van der Waals surface area contributed by atoms with Gasteiger partial charge in [-0.05, 0) is 11.6 Å². The van der Waals surface area contributed by atoms with E-state index in [0.29, 0.717) is 12.2 Å². The van der Waals surface area contributed by atoms with Crippen LogP contribution in [0.3, 0.4) is 0 Å². The average Bonchev–Trinajstić information content (AvgIpc) is 2.29. The Balaban J connectivity index is 2.84. The van der Waals surface area contributed by atoms with E-state index in [9.17, 15) is 9.59 Å². The van der Waals surface area contributed by atoms with Gasteiger partial charge < -0.3 is 15.2 Å². The molecule has 1 atom stereocenters. The van der Waals surface area contributed by atoms with Crippen LogP contribution in [0.1, 0.15) is 5.56 Å². The molecule has 1 aromatic rings. The lowest BCUT2D eigenvalue weighted by Crippen LogP contribution is -2.37. The molecule has 0 saturated heterocycles. The van der Waals surface area contributed by atoms with Crippen molar-refractivity contribution in [2.24, 2.45) is 0 Å². The first-order chi connectivity index (χ1) is 7.69. The number of rotatable bonds is 6. The Morgan fingerprint density at radius 3 is 2.81 bits per heavy atom. The van der Waals surface area contributed by atoms with Crippen LogP contribution in [0.25, 0.3) is 0 Å². The molecule has 0 aliphatic heterocycles. The van der Waals surface area contributed by atoms with Crippen molar-refractivity contribution in [1.82, 2.24) is 5.32 Å². The molecule has 0 radical (unpaired) electrons. The molecule has 0 saturated carbocycles. The monoisotopic (exact) mass is 223 g/mol. The van der Waals surface area contributed by atoms with E-state index >= 15 is 0 Å². The summed E-state index contributed by atoms with van der Waals surface area (Å²) < 4.78 is 5.10. The van der Waals surface area contributed by atoms with Gasteiger partial charge in [-0.15, -0.1) is 0 Å². The maximum absolute atomic E-state index is 10.8. The number of carboxylic acids is 1. The summed E-state index contributed by atoms with van der Waals surface area (Å²) in [6.45, 7) is 0. The highest BCUT2D eigenvalue weighted by atomic mass is 16.5. The van der Waals surface area contributed by atoms with E-state index < -0.39 is 12.0 Å². The Morgan fingerprint density at radius 1 is 1.56 bits per heavy atom. The molecule has 0 bridgehead atoms. The Labute approximate surface area is 93.0 Å². The van der Waals surface area contributed by atoms with Gasteiger partial charge in [-0.2, -0.15) is 0 Å². The van der Waals surface area contributed by atoms with Crippen molar-refractivity contribution in [2.75, 3.05) is 7.11 Å². The number of hydrogen-bond donors (Lipinski definition) is 2. The van der Waals surface area contributed by atoms with Gasteiger partial charge in [-0.3, -0.25) is 4.79 Å². The highest BCUT2D eigenvalue weighted by Crippen LogP contribution is 2.18. The maximum Gasteiger partial charge on any atom is 0.326 e. The van der Waals surface area contributed by atoms with E-state index in [1.54, 1.807) is 24.3 Å². The second-order valence-electron chi connectivity index (χ2n) is 3.19. The lowest BCUT2D eigenvalue weighted by Gasteiger charge is -2.13. The molecule has 5 nitrogen and oxygen atoms in total. The largest absolute Gasteiger partial charge is 0.496 e. The molecule has 0 aliphatic carbocycles. The molecular formula is C11H13NO4. The second kappa shape index (κ2) is 5.75. The van der Waals surface area contributed by atoms with Crippen molar-refractivity contribution < 1.29 is 19.4 Å².